The van der Waals surface area contributed by atoms with Crippen LogP contribution in [0.1, 0.15) is 17.3 Å². The molecule has 0 aliphatic carbocycles. The van der Waals surface area contributed by atoms with E-state index in [9.17, 15) is 9.59 Å². The number of hydrogen-bond acceptors (Lipinski definition) is 3. The molecule has 0 saturated carbocycles. The van der Waals surface area contributed by atoms with Crippen molar-refractivity contribution in [2.75, 3.05) is 0 Å². The number of carbonyl (C=O) groups excluding carboxylic acids is 1. The fourth-order valence-electron chi connectivity index (χ4n) is 1.18. The Morgan fingerprint density at radius 2 is 1.73 bits per heavy atom. The van der Waals surface area contributed by atoms with Crippen LogP contribution in [0, 0.1) is 0 Å². The summed E-state index contributed by atoms with van der Waals surface area (Å²) in [6.45, 7) is 1.39. The molecule has 0 heterocycles. The first-order valence-corrected chi connectivity index (χ1v) is 4.33. The van der Waals surface area contributed by atoms with Crippen molar-refractivity contribution in [2.24, 2.45) is 5.73 Å². The Morgan fingerprint density at radius 1 is 1.20 bits per heavy atom. The molecule has 0 amide bonds. The summed E-state index contributed by atoms with van der Waals surface area (Å²) in [5.74, 6) is -1.87. The van der Waals surface area contributed by atoms with E-state index in [1.165, 1.54) is 6.92 Å². The largest absolute Gasteiger partial charge is 0.477 e. The second-order valence-electron chi connectivity index (χ2n) is 3.06. The van der Waals surface area contributed by atoms with Crippen molar-refractivity contribution in [3.8, 4) is 0 Å². The van der Waals surface area contributed by atoms with E-state index in [2.05, 4.69) is 0 Å². The highest BCUT2D eigenvalue weighted by Gasteiger charge is 2.20. The van der Waals surface area contributed by atoms with E-state index in [1.807, 2.05) is 0 Å². The van der Waals surface area contributed by atoms with E-state index in [-0.39, 0.29) is 11.3 Å². The monoisotopic (exact) mass is 205 g/mol. The van der Waals surface area contributed by atoms with Crippen LogP contribution in [0.25, 0.3) is 0 Å². The molecule has 1 aromatic rings. The number of benzene rings is 1. The Morgan fingerprint density at radius 3 is 2.13 bits per heavy atom. The van der Waals surface area contributed by atoms with Gasteiger partial charge in [-0.25, -0.2) is 4.79 Å². The molecule has 0 bridgehead atoms. The molecule has 1 aromatic carbocycles. The average Bonchev–Trinajstić information content (AvgIpc) is 2.18. The van der Waals surface area contributed by atoms with Crippen molar-refractivity contribution in [3.05, 3.63) is 47.2 Å². The van der Waals surface area contributed by atoms with Crippen molar-refractivity contribution in [1.29, 1.82) is 0 Å². The van der Waals surface area contributed by atoms with E-state index in [1.54, 1.807) is 30.3 Å². The van der Waals surface area contributed by atoms with Gasteiger partial charge in [0, 0.05) is 11.3 Å². The number of carbonyl (C=O) groups is 2. The van der Waals surface area contributed by atoms with Crippen LogP contribution < -0.4 is 5.73 Å². The third-order valence-electron chi connectivity index (χ3n) is 1.87. The molecular formula is C11H11NO3. The van der Waals surface area contributed by atoms with Gasteiger partial charge in [0.2, 0.25) is 5.78 Å². The molecule has 0 aromatic heterocycles. The number of aliphatic carboxylic acids is 1. The first-order valence-electron chi connectivity index (χ1n) is 4.33. The first kappa shape index (κ1) is 11.0. The number of carboxylic acid groups (broad SMARTS) is 1. The maximum atomic E-state index is 11.7. The number of Topliss-reactive ketones (excluding diaryl/α,β-unsaturated/α-hetero) is 1. The Bertz CT molecular complexity index is 417. The van der Waals surface area contributed by atoms with Crippen LogP contribution >= 0.6 is 0 Å². The fraction of sp³-hybridized carbons (Fsp3) is 0.0909. The lowest BCUT2D eigenvalue weighted by atomic mass is 10.0. The van der Waals surface area contributed by atoms with Gasteiger partial charge in [0.05, 0.1) is 0 Å². The highest BCUT2D eigenvalue weighted by atomic mass is 16.4. The van der Waals surface area contributed by atoms with Gasteiger partial charge < -0.3 is 10.8 Å². The third-order valence-corrected chi connectivity index (χ3v) is 1.87. The van der Waals surface area contributed by atoms with Crippen molar-refractivity contribution in [3.63, 3.8) is 0 Å². The molecule has 3 N–H and O–H groups in total. The van der Waals surface area contributed by atoms with Gasteiger partial charge in [-0.2, -0.15) is 0 Å². The smallest absolute Gasteiger partial charge is 0.341 e. The summed E-state index contributed by atoms with van der Waals surface area (Å²) in [5.41, 5.74) is 5.31. The zero-order chi connectivity index (χ0) is 11.4. The van der Waals surface area contributed by atoms with Crippen molar-refractivity contribution in [1.82, 2.24) is 0 Å². The molecule has 0 atom stereocenters. The molecule has 0 unspecified atom stereocenters. The molecule has 0 fully saturated rings. The molecule has 4 nitrogen and oxygen atoms in total. The van der Waals surface area contributed by atoms with Crippen LogP contribution in [-0.2, 0) is 4.79 Å². The second kappa shape index (κ2) is 4.41. The van der Waals surface area contributed by atoms with Crippen molar-refractivity contribution in [2.45, 2.75) is 6.92 Å². The highest BCUT2D eigenvalue weighted by Crippen LogP contribution is 2.10. The number of rotatable bonds is 3. The van der Waals surface area contributed by atoms with Crippen molar-refractivity contribution >= 4 is 11.8 Å². The van der Waals surface area contributed by atoms with Crippen LogP contribution in [-0.4, -0.2) is 16.9 Å². The normalized spacial score (nSPS) is 11.8. The van der Waals surface area contributed by atoms with Crippen LogP contribution in [0.3, 0.4) is 0 Å². The lowest BCUT2D eigenvalue weighted by Gasteiger charge is -2.03. The van der Waals surface area contributed by atoms with Gasteiger partial charge in [0.1, 0.15) is 5.57 Å². The SMILES string of the molecule is CC(N)=C(C(=O)O)C(=O)c1ccccc1. The number of nitrogens with two attached hydrogens (primary N) is 1. The van der Waals surface area contributed by atoms with Gasteiger partial charge in [-0.3, -0.25) is 4.79 Å². The van der Waals surface area contributed by atoms with E-state index in [0.29, 0.717) is 5.56 Å². The molecule has 0 spiro atoms. The minimum absolute atomic E-state index is 0.0105. The third kappa shape index (κ3) is 2.43. The van der Waals surface area contributed by atoms with Gasteiger partial charge in [0.25, 0.3) is 0 Å². The number of hydrogen-bond donors (Lipinski definition) is 2. The Labute approximate surface area is 87.0 Å². The quantitative estimate of drug-likeness (QED) is 0.336. The summed E-state index contributed by atoms with van der Waals surface area (Å²) in [6, 6.07) is 8.18. The summed E-state index contributed by atoms with van der Waals surface area (Å²) in [6.07, 6.45) is 0. The summed E-state index contributed by atoms with van der Waals surface area (Å²) in [5, 5.41) is 8.82. The van der Waals surface area contributed by atoms with E-state index in [0.717, 1.165) is 0 Å². The Hall–Kier alpha value is -2.10. The lowest BCUT2D eigenvalue weighted by Crippen LogP contribution is -2.17. The topological polar surface area (TPSA) is 80.4 Å². The molecule has 0 radical (unpaired) electrons. The summed E-state index contributed by atoms with van der Waals surface area (Å²) >= 11 is 0. The summed E-state index contributed by atoms with van der Waals surface area (Å²) in [7, 11) is 0. The zero-order valence-corrected chi connectivity index (χ0v) is 8.23. The Balaban J connectivity index is 3.15. The lowest BCUT2D eigenvalue weighted by molar-refractivity contribution is -0.132. The van der Waals surface area contributed by atoms with Crippen LogP contribution in [0.2, 0.25) is 0 Å². The first-order chi connectivity index (χ1) is 7.04. The fourth-order valence-corrected chi connectivity index (χ4v) is 1.18. The maximum absolute atomic E-state index is 11.7. The van der Waals surface area contributed by atoms with E-state index >= 15 is 0 Å². The Kier molecular flexibility index (Phi) is 3.23. The van der Waals surface area contributed by atoms with E-state index < -0.39 is 11.8 Å². The second-order valence-corrected chi connectivity index (χ2v) is 3.06. The van der Waals surface area contributed by atoms with Crippen LogP contribution in [0.4, 0.5) is 0 Å². The van der Waals surface area contributed by atoms with E-state index in [4.69, 9.17) is 10.8 Å². The molecule has 15 heavy (non-hydrogen) atoms. The number of allylic oxidation sites excluding steroid dienone is 1. The minimum atomic E-state index is -1.30. The minimum Gasteiger partial charge on any atom is -0.477 e. The predicted octanol–water partition coefficient (Wildman–Crippen LogP) is 1.19. The molecule has 0 aliphatic heterocycles. The molecular weight excluding hydrogens is 194 g/mol. The molecule has 0 saturated heterocycles. The molecule has 1 rings (SSSR count). The van der Waals surface area contributed by atoms with Crippen molar-refractivity contribution < 1.29 is 14.7 Å². The molecule has 4 heteroatoms. The number of ketones is 1. The predicted molar refractivity (Wildman–Crippen MR) is 55.3 cm³/mol. The molecule has 0 aliphatic rings. The summed E-state index contributed by atoms with van der Waals surface area (Å²) < 4.78 is 0. The van der Waals surface area contributed by atoms with Gasteiger partial charge in [0.15, 0.2) is 0 Å². The maximum Gasteiger partial charge on any atom is 0.341 e. The zero-order valence-electron chi connectivity index (χ0n) is 8.23. The summed E-state index contributed by atoms with van der Waals surface area (Å²) in [4.78, 5) is 22.5. The highest BCUT2D eigenvalue weighted by molar-refractivity contribution is 6.24. The molecule has 78 valence electrons. The standard InChI is InChI=1S/C11H11NO3/c1-7(12)9(11(14)15)10(13)8-5-3-2-4-6-8/h2-6H,12H2,1H3,(H,14,15). The van der Waals surface area contributed by atoms with Gasteiger partial charge >= 0.3 is 5.97 Å². The van der Waals surface area contributed by atoms with Gasteiger partial charge in [-0.15, -0.1) is 0 Å². The average molecular weight is 205 g/mol. The number of carboxylic acids is 1. The van der Waals surface area contributed by atoms with Gasteiger partial charge in [-0.1, -0.05) is 30.3 Å². The van der Waals surface area contributed by atoms with Crippen LogP contribution in [0.5, 0.6) is 0 Å². The van der Waals surface area contributed by atoms with Crippen LogP contribution in [0.15, 0.2) is 41.6 Å². The van der Waals surface area contributed by atoms with Gasteiger partial charge in [-0.05, 0) is 6.92 Å².